The molecule has 1 amide bonds. The summed E-state index contributed by atoms with van der Waals surface area (Å²) < 4.78 is 0. The molecule has 0 aliphatic rings. The van der Waals surface area contributed by atoms with E-state index in [9.17, 15) is 14.7 Å². The molecule has 0 heterocycles. The van der Waals surface area contributed by atoms with Gasteiger partial charge in [-0.25, -0.2) is 0 Å². The second-order valence-electron chi connectivity index (χ2n) is 4.93. The number of rotatable bonds is 8. The SMILES string of the molecule is CC(CCNC(=O)C(O)c1ccccc1)CCC(=O)O. The van der Waals surface area contributed by atoms with Crippen molar-refractivity contribution < 1.29 is 19.8 Å². The van der Waals surface area contributed by atoms with Gasteiger partial charge < -0.3 is 15.5 Å². The summed E-state index contributed by atoms with van der Waals surface area (Å²) >= 11 is 0. The van der Waals surface area contributed by atoms with Crippen molar-refractivity contribution in [3.05, 3.63) is 35.9 Å². The minimum Gasteiger partial charge on any atom is -0.481 e. The number of hydrogen-bond donors (Lipinski definition) is 3. The number of hydrogen-bond acceptors (Lipinski definition) is 3. The van der Waals surface area contributed by atoms with Crippen LogP contribution < -0.4 is 5.32 Å². The normalized spacial score (nSPS) is 13.5. The zero-order chi connectivity index (χ0) is 15.0. The lowest BCUT2D eigenvalue weighted by atomic mass is 10.0. The number of aliphatic hydroxyl groups excluding tert-OH is 1. The first-order valence-electron chi connectivity index (χ1n) is 6.73. The number of benzene rings is 1. The smallest absolute Gasteiger partial charge is 0.303 e. The van der Waals surface area contributed by atoms with Crippen LogP contribution in [-0.2, 0) is 9.59 Å². The first kappa shape index (κ1) is 16.2. The Labute approximate surface area is 118 Å². The second-order valence-corrected chi connectivity index (χ2v) is 4.93. The third kappa shape index (κ3) is 5.84. The lowest BCUT2D eigenvalue weighted by molar-refractivity contribution is -0.137. The first-order valence-corrected chi connectivity index (χ1v) is 6.73. The molecule has 110 valence electrons. The Morgan fingerprint density at radius 1 is 1.20 bits per heavy atom. The summed E-state index contributed by atoms with van der Waals surface area (Å²) in [6.45, 7) is 2.38. The van der Waals surface area contributed by atoms with Gasteiger partial charge in [0.05, 0.1) is 0 Å². The number of carboxylic acids is 1. The van der Waals surface area contributed by atoms with E-state index in [2.05, 4.69) is 5.32 Å². The van der Waals surface area contributed by atoms with E-state index in [1.807, 2.05) is 13.0 Å². The molecule has 1 rings (SSSR count). The maximum Gasteiger partial charge on any atom is 0.303 e. The van der Waals surface area contributed by atoms with E-state index in [-0.39, 0.29) is 12.3 Å². The van der Waals surface area contributed by atoms with Crippen molar-refractivity contribution in [1.29, 1.82) is 0 Å². The van der Waals surface area contributed by atoms with Crippen molar-refractivity contribution >= 4 is 11.9 Å². The zero-order valence-electron chi connectivity index (χ0n) is 11.6. The molecule has 1 aromatic carbocycles. The maximum absolute atomic E-state index is 11.7. The highest BCUT2D eigenvalue weighted by Gasteiger charge is 2.16. The highest BCUT2D eigenvalue weighted by atomic mass is 16.4. The molecule has 0 aliphatic carbocycles. The van der Waals surface area contributed by atoms with Gasteiger partial charge in [0.2, 0.25) is 0 Å². The number of aliphatic hydroxyl groups is 1. The molecular formula is C15H21NO4. The third-order valence-electron chi connectivity index (χ3n) is 3.15. The highest BCUT2D eigenvalue weighted by molar-refractivity contribution is 5.81. The van der Waals surface area contributed by atoms with Crippen molar-refractivity contribution in [3.8, 4) is 0 Å². The molecule has 2 unspecified atom stereocenters. The van der Waals surface area contributed by atoms with Gasteiger partial charge in [-0.3, -0.25) is 9.59 Å². The number of carbonyl (C=O) groups excluding carboxylic acids is 1. The number of nitrogens with one attached hydrogen (secondary N) is 1. The fraction of sp³-hybridized carbons (Fsp3) is 0.467. The second kappa shape index (κ2) is 8.32. The van der Waals surface area contributed by atoms with E-state index >= 15 is 0 Å². The largest absolute Gasteiger partial charge is 0.481 e. The molecule has 0 fully saturated rings. The molecule has 0 saturated carbocycles. The van der Waals surface area contributed by atoms with Crippen LogP contribution in [0.4, 0.5) is 0 Å². The number of amides is 1. The molecule has 0 bridgehead atoms. The monoisotopic (exact) mass is 279 g/mol. The quantitative estimate of drug-likeness (QED) is 0.676. The Hall–Kier alpha value is -1.88. The van der Waals surface area contributed by atoms with Crippen LogP contribution in [0.3, 0.4) is 0 Å². The molecule has 2 atom stereocenters. The number of carbonyl (C=O) groups is 2. The van der Waals surface area contributed by atoms with E-state index < -0.39 is 18.0 Å². The molecule has 0 aliphatic heterocycles. The summed E-state index contributed by atoms with van der Waals surface area (Å²) in [5, 5.41) is 21.1. The van der Waals surface area contributed by atoms with Crippen molar-refractivity contribution in [2.45, 2.75) is 32.3 Å². The van der Waals surface area contributed by atoms with Crippen LogP contribution in [0.25, 0.3) is 0 Å². The molecule has 0 radical (unpaired) electrons. The summed E-state index contributed by atoms with van der Waals surface area (Å²) in [5.74, 6) is -1.01. The first-order chi connectivity index (χ1) is 9.50. The number of aliphatic carboxylic acids is 1. The Morgan fingerprint density at radius 3 is 2.45 bits per heavy atom. The van der Waals surface area contributed by atoms with Crippen LogP contribution in [0, 0.1) is 5.92 Å². The molecule has 3 N–H and O–H groups in total. The summed E-state index contributed by atoms with van der Waals surface area (Å²) in [6.07, 6.45) is 0.264. The van der Waals surface area contributed by atoms with Gasteiger partial charge in [0, 0.05) is 13.0 Å². The average molecular weight is 279 g/mol. The van der Waals surface area contributed by atoms with Crippen LogP contribution in [0.1, 0.15) is 37.9 Å². The van der Waals surface area contributed by atoms with Gasteiger partial charge in [-0.05, 0) is 24.3 Å². The Kier molecular flexibility index (Phi) is 6.73. The van der Waals surface area contributed by atoms with Gasteiger partial charge in [0.25, 0.3) is 5.91 Å². The van der Waals surface area contributed by atoms with Crippen LogP contribution >= 0.6 is 0 Å². The fourth-order valence-electron chi connectivity index (χ4n) is 1.84. The van der Waals surface area contributed by atoms with Gasteiger partial charge >= 0.3 is 5.97 Å². The molecule has 5 heteroatoms. The van der Waals surface area contributed by atoms with E-state index in [4.69, 9.17) is 5.11 Å². The lowest BCUT2D eigenvalue weighted by Crippen LogP contribution is -2.30. The van der Waals surface area contributed by atoms with Crippen LogP contribution in [-0.4, -0.2) is 28.6 Å². The molecule has 1 aromatic rings. The van der Waals surface area contributed by atoms with Gasteiger partial charge in [0.15, 0.2) is 6.10 Å². The van der Waals surface area contributed by atoms with E-state index in [0.29, 0.717) is 24.9 Å². The summed E-state index contributed by atoms with van der Waals surface area (Å²) in [7, 11) is 0. The van der Waals surface area contributed by atoms with Crippen LogP contribution in [0.2, 0.25) is 0 Å². The third-order valence-corrected chi connectivity index (χ3v) is 3.15. The molecule has 0 saturated heterocycles. The van der Waals surface area contributed by atoms with Gasteiger partial charge in [-0.2, -0.15) is 0 Å². The summed E-state index contributed by atoms with van der Waals surface area (Å²) in [5.41, 5.74) is 0.559. The zero-order valence-corrected chi connectivity index (χ0v) is 11.6. The maximum atomic E-state index is 11.7. The Morgan fingerprint density at radius 2 is 1.85 bits per heavy atom. The number of carboxylic acid groups (broad SMARTS) is 1. The Balaban J connectivity index is 2.28. The van der Waals surface area contributed by atoms with Crippen molar-refractivity contribution in [1.82, 2.24) is 5.32 Å². The fourth-order valence-corrected chi connectivity index (χ4v) is 1.84. The standard InChI is InChI=1S/C15H21NO4/c1-11(7-8-13(17)18)9-10-16-15(20)14(19)12-5-3-2-4-6-12/h2-6,11,14,19H,7-10H2,1H3,(H,16,20)(H,17,18). The van der Waals surface area contributed by atoms with Gasteiger partial charge in [-0.1, -0.05) is 37.3 Å². The van der Waals surface area contributed by atoms with Crippen LogP contribution in [0.15, 0.2) is 30.3 Å². The average Bonchev–Trinajstić information content (AvgIpc) is 2.45. The molecule has 0 aromatic heterocycles. The molecular weight excluding hydrogens is 258 g/mol. The highest BCUT2D eigenvalue weighted by Crippen LogP contribution is 2.13. The van der Waals surface area contributed by atoms with E-state index in [1.54, 1.807) is 24.3 Å². The summed E-state index contributed by atoms with van der Waals surface area (Å²) in [4.78, 5) is 22.2. The predicted molar refractivity (Wildman–Crippen MR) is 75.1 cm³/mol. The van der Waals surface area contributed by atoms with E-state index in [0.717, 1.165) is 0 Å². The van der Waals surface area contributed by atoms with Gasteiger partial charge in [0.1, 0.15) is 0 Å². The predicted octanol–water partition coefficient (Wildman–Crippen LogP) is 1.73. The molecule has 5 nitrogen and oxygen atoms in total. The summed E-state index contributed by atoms with van der Waals surface area (Å²) in [6, 6.07) is 8.73. The topological polar surface area (TPSA) is 86.6 Å². The molecule has 0 spiro atoms. The van der Waals surface area contributed by atoms with Gasteiger partial charge in [-0.15, -0.1) is 0 Å². The van der Waals surface area contributed by atoms with Crippen LogP contribution in [0.5, 0.6) is 0 Å². The van der Waals surface area contributed by atoms with Crippen molar-refractivity contribution in [2.75, 3.05) is 6.54 Å². The van der Waals surface area contributed by atoms with Crippen molar-refractivity contribution in [3.63, 3.8) is 0 Å². The van der Waals surface area contributed by atoms with E-state index in [1.165, 1.54) is 0 Å². The van der Waals surface area contributed by atoms with Crippen molar-refractivity contribution in [2.24, 2.45) is 5.92 Å². The minimum atomic E-state index is -1.16. The Bertz CT molecular complexity index is 433. The lowest BCUT2D eigenvalue weighted by Gasteiger charge is -2.14. The minimum absolute atomic E-state index is 0.141. The molecule has 20 heavy (non-hydrogen) atoms.